The second-order valence-electron chi connectivity index (χ2n) is 6.30. The molecule has 4 rings (SSSR count). The lowest BCUT2D eigenvalue weighted by atomic mass is 9.77. The second-order valence-corrected chi connectivity index (χ2v) is 6.30. The van der Waals surface area contributed by atoms with Crippen molar-refractivity contribution in [2.24, 2.45) is 5.92 Å². The van der Waals surface area contributed by atoms with Crippen molar-refractivity contribution >= 4 is 0 Å². The largest absolute Gasteiger partial charge is 0.314 e. The van der Waals surface area contributed by atoms with Crippen molar-refractivity contribution < 1.29 is 4.39 Å². The number of nitrogens with one attached hydrogen (secondary N) is 1. The molecule has 0 aromatic heterocycles. The van der Waals surface area contributed by atoms with Gasteiger partial charge >= 0.3 is 0 Å². The van der Waals surface area contributed by atoms with E-state index in [1.165, 1.54) is 30.5 Å². The Morgan fingerprint density at radius 1 is 1.32 bits per heavy atom. The van der Waals surface area contributed by atoms with Gasteiger partial charge < -0.3 is 5.32 Å². The fourth-order valence-corrected chi connectivity index (χ4v) is 4.27. The standard InChI is InChI=1S/C16H21FN2/c17-13-4-3-11-5-7-19-10-12-2-1-6-18-15(12)9-16(19)14(11)8-13/h3-4,8,12,15-16,18H,1-2,5-7,9-10H2/t12-,15+,16+/m1/s1. The summed E-state index contributed by atoms with van der Waals surface area (Å²) < 4.78 is 13.6. The summed E-state index contributed by atoms with van der Waals surface area (Å²) in [7, 11) is 0. The molecule has 3 heteroatoms. The molecule has 0 unspecified atom stereocenters. The zero-order valence-electron chi connectivity index (χ0n) is 11.2. The predicted octanol–water partition coefficient (Wildman–Crippen LogP) is 2.50. The van der Waals surface area contributed by atoms with Crippen LogP contribution in [-0.4, -0.2) is 30.6 Å². The molecule has 3 aliphatic heterocycles. The fraction of sp³-hybridized carbons (Fsp3) is 0.625. The van der Waals surface area contributed by atoms with Gasteiger partial charge in [0, 0.05) is 25.2 Å². The van der Waals surface area contributed by atoms with E-state index < -0.39 is 0 Å². The zero-order valence-corrected chi connectivity index (χ0v) is 11.2. The molecule has 2 nitrogen and oxygen atoms in total. The second kappa shape index (κ2) is 4.57. The normalized spacial score (nSPS) is 34.3. The van der Waals surface area contributed by atoms with Gasteiger partial charge in [0.05, 0.1) is 0 Å². The van der Waals surface area contributed by atoms with E-state index in [0.717, 1.165) is 31.8 Å². The molecule has 1 aromatic rings. The van der Waals surface area contributed by atoms with Crippen LogP contribution in [0.25, 0.3) is 0 Å². The third-order valence-corrected chi connectivity index (χ3v) is 5.25. The maximum absolute atomic E-state index is 13.6. The lowest BCUT2D eigenvalue weighted by Gasteiger charge is -2.49. The van der Waals surface area contributed by atoms with Crippen LogP contribution in [0.3, 0.4) is 0 Å². The van der Waals surface area contributed by atoms with Crippen LogP contribution in [0.5, 0.6) is 0 Å². The van der Waals surface area contributed by atoms with Crippen molar-refractivity contribution in [2.45, 2.75) is 37.8 Å². The van der Waals surface area contributed by atoms with Gasteiger partial charge in [-0.3, -0.25) is 4.90 Å². The summed E-state index contributed by atoms with van der Waals surface area (Å²) in [5, 5.41) is 3.68. The highest BCUT2D eigenvalue weighted by molar-refractivity contribution is 5.34. The topological polar surface area (TPSA) is 15.3 Å². The molecule has 1 N–H and O–H groups in total. The van der Waals surface area contributed by atoms with Crippen LogP contribution in [0.2, 0.25) is 0 Å². The third-order valence-electron chi connectivity index (χ3n) is 5.25. The molecule has 2 saturated heterocycles. The van der Waals surface area contributed by atoms with Gasteiger partial charge in [-0.05, 0) is 61.4 Å². The first-order valence-corrected chi connectivity index (χ1v) is 7.57. The molecule has 1 aromatic carbocycles. The van der Waals surface area contributed by atoms with E-state index in [-0.39, 0.29) is 5.82 Å². The van der Waals surface area contributed by atoms with Gasteiger partial charge in [0.25, 0.3) is 0 Å². The molecule has 102 valence electrons. The molecule has 0 amide bonds. The Kier molecular flexibility index (Phi) is 2.85. The molecule has 3 heterocycles. The van der Waals surface area contributed by atoms with Crippen LogP contribution in [0, 0.1) is 11.7 Å². The molecule has 0 bridgehead atoms. The number of nitrogens with zero attached hydrogens (tertiary/aromatic N) is 1. The van der Waals surface area contributed by atoms with E-state index in [1.807, 2.05) is 6.07 Å². The number of hydrogen-bond acceptors (Lipinski definition) is 2. The van der Waals surface area contributed by atoms with Crippen molar-refractivity contribution in [3.8, 4) is 0 Å². The Morgan fingerprint density at radius 3 is 3.21 bits per heavy atom. The van der Waals surface area contributed by atoms with Gasteiger partial charge in [0.1, 0.15) is 5.82 Å². The highest BCUT2D eigenvalue weighted by Gasteiger charge is 2.39. The highest BCUT2D eigenvalue weighted by atomic mass is 19.1. The molecule has 0 radical (unpaired) electrons. The Labute approximate surface area is 114 Å². The minimum Gasteiger partial charge on any atom is -0.314 e. The van der Waals surface area contributed by atoms with E-state index in [4.69, 9.17) is 0 Å². The Bertz CT molecular complexity index is 488. The van der Waals surface area contributed by atoms with Crippen LogP contribution in [0.15, 0.2) is 18.2 Å². The summed E-state index contributed by atoms with van der Waals surface area (Å²) in [4.78, 5) is 2.59. The minimum absolute atomic E-state index is 0.0840. The lowest BCUT2D eigenvalue weighted by molar-refractivity contribution is 0.0550. The smallest absolute Gasteiger partial charge is 0.123 e. The van der Waals surface area contributed by atoms with E-state index in [9.17, 15) is 4.39 Å². The van der Waals surface area contributed by atoms with E-state index >= 15 is 0 Å². The number of benzene rings is 1. The Morgan fingerprint density at radius 2 is 2.26 bits per heavy atom. The highest BCUT2D eigenvalue weighted by Crippen LogP contribution is 2.40. The summed E-state index contributed by atoms with van der Waals surface area (Å²) in [6.45, 7) is 3.49. The van der Waals surface area contributed by atoms with Crippen LogP contribution in [-0.2, 0) is 6.42 Å². The first-order valence-electron chi connectivity index (χ1n) is 7.57. The number of hydrogen-bond donors (Lipinski definition) is 1. The molecule has 3 aliphatic rings. The van der Waals surface area contributed by atoms with Gasteiger partial charge in [-0.15, -0.1) is 0 Å². The Balaban J connectivity index is 1.66. The van der Waals surface area contributed by atoms with Gasteiger partial charge in [-0.1, -0.05) is 6.07 Å². The molecule has 0 saturated carbocycles. The average Bonchev–Trinajstić information content (AvgIpc) is 2.45. The molecule has 2 fully saturated rings. The average molecular weight is 260 g/mol. The first-order chi connectivity index (χ1) is 9.31. The van der Waals surface area contributed by atoms with Gasteiger partial charge in [-0.2, -0.15) is 0 Å². The number of halogens is 1. The van der Waals surface area contributed by atoms with Crippen LogP contribution < -0.4 is 5.32 Å². The summed E-state index contributed by atoms with van der Waals surface area (Å²) in [5.74, 6) is 0.722. The molecule has 0 aliphatic carbocycles. The predicted molar refractivity (Wildman–Crippen MR) is 73.5 cm³/mol. The van der Waals surface area contributed by atoms with Crippen LogP contribution >= 0.6 is 0 Å². The van der Waals surface area contributed by atoms with Crippen LogP contribution in [0.1, 0.15) is 36.4 Å². The van der Waals surface area contributed by atoms with E-state index in [2.05, 4.69) is 10.2 Å². The van der Waals surface area contributed by atoms with E-state index in [0.29, 0.717) is 12.1 Å². The van der Waals surface area contributed by atoms with Crippen molar-refractivity contribution in [1.29, 1.82) is 0 Å². The molecule has 19 heavy (non-hydrogen) atoms. The fourth-order valence-electron chi connectivity index (χ4n) is 4.27. The van der Waals surface area contributed by atoms with Gasteiger partial charge in [0.15, 0.2) is 0 Å². The zero-order chi connectivity index (χ0) is 12.8. The van der Waals surface area contributed by atoms with Crippen molar-refractivity contribution in [2.75, 3.05) is 19.6 Å². The number of piperidine rings is 2. The number of fused-ring (bicyclic) bond motifs is 4. The molecular weight excluding hydrogens is 239 g/mol. The summed E-state index contributed by atoms with van der Waals surface area (Å²) >= 11 is 0. The van der Waals surface area contributed by atoms with Gasteiger partial charge in [0.2, 0.25) is 0 Å². The van der Waals surface area contributed by atoms with Gasteiger partial charge in [-0.25, -0.2) is 4.39 Å². The van der Waals surface area contributed by atoms with Crippen LogP contribution in [0.4, 0.5) is 4.39 Å². The maximum atomic E-state index is 13.6. The third kappa shape index (κ3) is 2.00. The minimum atomic E-state index is -0.0840. The number of rotatable bonds is 0. The van der Waals surface area contributed by atoms with E-state index in [1.54, 1.807) is 12.1 Å². The molecule has 3 atom stereocenters. The maximum Gasteiger partial charge on any atom is 0.123 e. The Hall–Kier alpha value is -0.930. The SMILES string of the molecule is Fc1ccc2c(c1)[C@@H]1C[C@@H]3NCCC[C@@H]3CN1CC2. The van der Waals surface area contributed by atoms with Crippen molar-refractivity contribution in [3.63, 3.8) is 0 Å². The molecule has 0 spiro atoms. The lowest BCUT2D eigenvalue weighted by Crippen LogP contribution is -2.54. The van der Waals surface area contributed by atoms with Crippen molar-refractivity contribution in [1.82, 2.24) is 10.2 Å². The summed E-state index contributed by atoms with van der Waals surface area (Å²) in [6.07, 6.45) is 4.90. The molecular formula is C16H21FN2. The van der Waals surface area contributed by atoms with Crippen molar-refractivity contribution in [3.05, 3.63) is 35.1 Å². The quantitative estimate of drug-likeness (QED) is 0.771. The summed E-state index contributed by atoms with van der Waals surface area (Å²) in [5.41, 5.74) is 2.61. The summed E-state index contributed by atoms with van der Waals surface area (Å²) in [6, 6.07) is 6.45. The first kappa shape index (κ1) is 11.9. The monoisotopic (exact) mass is 260 g/mol.